The van der Waals surface area contributed by atoms with Crippen molar-refractivity contribution in [3.05, 3.63) is 77.3 Å². The standard InChI is InChI=1S/C17H12Cl2N4O3/c18-12-1-3-13(4-2-12)26-15-6-5-14(16(19)22-15)17(24-7-8-25-17)9-23-11-20-10-21-23/h1-8,10-11H,9H2. The van der Waals surface area contributed by atoms with Crippen molar-refractivity contribution in [2.45, 2.75) is 12.3 Å². The largest absolute Gasteiger partial charge is 0.451 e. The van der Waals surface area contributed by atoms with Gasteiger partial charge in [-0.15, -0.1) is 0 Å². The number of aromatic nitrogens is 4. The maximum Gasteiger partial charge on any atom is 0.299 e. The molecule has 0 aliphatic carbocycles. The predicted octanol–water partition coefficient (Wildman–Crippen LogP) is 4.14. The summed E-state index contributed by atoms with van der Waals surface area (Å²) in [5.41, 5.74) is 0.545. The molecule has 1 aliphatic heterocycles. The van der Waals surface area contributed by atoms with Crippen LogP contribution in [0.3, 0.4) is 0 Å². The van der Waals surface area contributed by atoms with Crippen LogP contribution in [0.5, 0.6) is 11.6 Å². The van der Waals surface area contributed by atoms with Crippen LogP contribution in [0.25, 0.3) is 0 Å². The van der Waals surface area contributed by atoms with E-state index in [2.05, 4.69) is 15.1 Å². The van der Waals surface area contributed by atoms with Crippen LogP contribution in [-0.4, -0.2) is 19.7 Å². The minimum absolute atomic E-state index is 0.195. The van der Waals surface area contributed by atoms with Crippen molar-refractivity contribution < 1.29 is 14.2 Å². The first-order valence-corrected chi connectivity index (χ1v) is 8.34. The van der Waals surface area contributed by atoms with Gasteiger partial charge in [0.05, 0.1) is 5.56 Å². The van der Waals surface area contributed by atoms with Crippen LogP contribution in [0.4, 0.5) is 0 Å². The summed E-state index contributed by atoms with van der Waals surface area (Å²) in [6.07, 6.45) is 5.89. The average Bonchev–Trinajstić information content (AvgIpc) is 3.30. The molecule has 2 aromatic heterocycles. The Labute approximate surface area is 158 Å². The zero-order valence-electron chi connectivity index (χ0n) is 13.3. The summed E-state index contributed by atoms with van der Waals surface area (Å²) < 4.78 is 18.6. The van der Waals surface area contributed by atoms with Gasteiger partial charge in [-0.2, -0.15) is 5.10 Å². The van der Waals surface area contributed by atoms with Gasteiger partial charge >= 0.3 is 0 Å². The Morgan fingerprint density at radius 2 is 1.81 bits per heavy atom. The summed E-state index contributed by atoms with van der Waals surface area (Å²) in [5.74, 6) is -0.239. The number of halogens is 2. The van der Waals surface area contributed by atoms with E-state index in [-0.39, 0.29) is 11.7 Å². The fourth-order valence-electron chi connectivity index (χ4n) is 2.50. The lowest BCUT2D eigenvalue weighted by Crippen LogP contribution is -2.33. The molecule has 0 fully saturated rings. The molecule has 3 heterocycles. The highest BCUT2D eigenvalue weighted by molar-refractivity contribution is 6.30. The van der Waals surface area contributed by atoms with E-state index < -0.39 is 5.79 Å². The highest BCUT2D eigenvalue weighted by Gasteiger charge is 2.41. The molecule has 0 bridgehead atoms. The van der Waals surface area contributed by atoms with Crippen LogP contribution in [0.2, 0.25) is 10.2 Å². The van der Waals surface area contributed by atoms with E-state index in [0.717, 1.165) is 0 Å². The molecule has 0 spiro atoms. The summed E-state index contributed by atoms with van der Waals surface area (Å²) in [7, 11) is 0. The maximum absolute atomic E-state index is 6.39. The van der Waals surface area contributed by atoms with Gasteiger partial charge in [0.1, 0.15) is 42.6 Å². The highest BCUT2D eigenvalue weighted by Crippen LogP contribution is 2.38. The summed E-state index contributed by atoms with van der Waals surface area (Å²) in [4.78, 5) is 8.21. The Balaban J connectivity index is 1.60. The third-order valence-corrected chi connectivity index (χ3v) is 4.22. The van der Waals surface area contributed by atoms with E-state index in [1.807, 2.05) is 0 Å². The van der Waals surface area contributed by atoms with E-state index in [1.54, 1.807) is 47.4 Å². The molecule has 0 saturated heterocycles. The molecule has 0 radical (unpaired) electrons. The lowest BCUT2D eigenvalue weighted by atomic mass is 10.1. The summed E-state index contributed by atoms with van der Waals surface area (Å²) in [6.45, 7) is 0.249. The van der Waals surface area contributed by atoms with Crippen LogP contribution < -0.4 is 4.74 Å². The zero-order valence-corrected chi connectivity index (χ0v) is 14.8. The van der Waals surface area contributed by atoms with Crippen molar-refractivity contribution in [1.82, 2.24) is 19.7 Å². The average molecular weight is 391 g/mol. The molecular formula is C17H12Cl2N4O3. The van der Waals surface area contributed by atoms with E-state index in [0.29, 0.717) is 22.2 Å². The second-order valence-corrected chi connectivity index (χ2v) is 6.19. The van der Waals surface area contributed by atoms with Gasteiger partial charge in [-0.05, 0) is 30.3 Å². The summed E-state index contributed by atoms with van der Waals surface area (Å²) in [5, 5.41) is 4.90. The molecule has 1 aliphatic rings. The van der Waals surface area contributed by atoms with Gasteiger partial charge in [-0.1, -0.05) is 23.2 Å². The number of pyridine rings is 1. The molecule has 0 unspecified atom stereocenters. The number of benzene rings is 1. The van der Waals surface area contributed by atoms with E-state index in [9.17, 15) is 0 Å². The number of rotatable bonds is 5. The molecule has 26 heavy (non-hydrogen) atoms. The molecule has 9 heteroatoms. The summed E-state index contributed by atoms with van der Waals surface area (Å²) in [6, 6.07) is 10.4. The van der Waals surface area contributed by atoms with Crippen LogP contribution >= 0.6 is 23.2 Å². The minimum atomic E-state index is -1.17. The second-order valence-electron chi connectivity index (χ2n) is 5.40. The van der Waals surface area contributed by atoms with E-state index in [1.165, 1.54) is 18.9 Å². The van der Waals surface area contributed by atoms with Gasteiger partial charge < -0.3 is 14.2 Å². The SMILES string of the molecule is Clc1ccc(Oc2ccc(C3(Cn4cncn4)OC=CO3)c(Cl)n2)cc1. The third-order valence-electron chi connectivity index (χ3n) is 3.68. The van der Waals surface area contributed by atoms with Crippen LogP contribution in [-0.2, 0) is 21.8 Å². The highest BCUT2D eigenvalue weighted by atomic mass is 35.5. The molecule has 4 rings (SSSR count). The monoisotopic (exact) mass is 390 g/mol. The maximum atomic E-state index is 6.39. The number of hydrogen-bond donors (Lipinski definition) is 0. The fourth-order valence-corrected chi connectivity index (χ4v) is 2.92. The fraction of sp³-hybridized carbons (Fsp3) is 0.118. The van der Waals surface area contributed by atoms with Crippen molar-refractivity contribution in [2.24, 2.45) is 0 Å². The molecule has 132 valence electrons. The first-order chi connectivity index (χ1) is 12.6. The summed E-state index contributed by atoms with van der Waals surface area (Å²) >= 11 is 12.3. The minimum Gasteiger partial charge on any atom is -0.451 e. The number of nitrogens with zero attached hydrogens (tertiary/aromatic N) is 4. The Bertz CT molecular complexity index is 922. The van der Waals surface area contributed by atoms with Gasteiger partial charge in [0, 0.05) is 11.1 Å². The van der Waals surface area contributed by atoms with Crippen molar-refractivity contribution in [1.29, 1.82) is 0 Å². The number of ether oxygens (including phenoxy) is 3. The Hall–Kier alpha value is -2.77. The molecule has 0 atom stereocenters. The third kappa shape index (κ3) is 3.31. The van der Waals surface area contributed by atoms with Crippen LogP contribution in [0, 0.1) is 0 Å². The second kappa shape index (κ2) is 6.86. The van der Waals surface area contributed by atoms with Crippen molar-refractivity contribution in [3.63, 3.8) is 0 Å². The van der Waals surface area contributed by atoms with Crippen molar-refractivity contribution in [2.75, 3.05) is 0 Å². The van der Waals surface area contributed by atoms with E-state index in [4.69, 9.17) is 37.4 Å². The number of hydrogen-bond acceptors (Lipinski definition) is 6. The van der Waals surface area contributed by atoms with Crippen LogP contribution in [0.1, 0.15) is 5.56 Å². The van der Waals surface area contributed by atoms with Crippen LogP contribution in [0.15, 0.2) is 61.6 Å². The lowest BCUT2D eigenvalue weighted by molar-refractivity contribution is -0.162. The molecule has 0 saturated carbocycles. The first kappa shape index (κ1) is 16.7. The zero-order chi connectivity index (χ0) is 18.0. The Morgan fingerprint density at radius 1 is 1.04 bits per heavy atom. The predicted molar refractivity (Wildman–Crippen MR) is 93.8 cm³/mol. The molecule has 0 amide bonds. The molecule has 7 nitrogen and oxygen atoms in total. The Morgan fingerprint density at radius 3 is 2.46 bits per heavy atom. The Kier molecular flexibility index (Phi) is 4.40. The normalized spacial score (nSPS) is 14.7. The van der Waals surface area contributed by atoms with E-state index >= 15 is 0 Å². The molecule has 3 aromatic rings. The van der Waals surface area contributed by atoms with Gasteiger partial charge in [0.2, 0.25) is 5.88 Å². The van der Waals surface area contributed by atoms with Gasteiger partial charge in [-0.25, -0.2) is 14.6 Å². The quantitative estimate of drug-likeness (QED) is 0.609. The van der Waals surface area contributed by atoms with Crippen molar-refractivity contribution >= 4 is 23.2 Å². The van der Waals surface area contributed by atoms with Crippen molar-refractivity contribution in [3.8, 4) is 11.6 Å². The molecule has 1 aromatic carbocycles. The van der Waals surface area contributed by atoms with Gasteiger partial charge in [-0.3, -0.25) is 0 Å². The van der Waals surface area contributed by atoms with Gasteiger partial charge in [0.15, 0.2) is 0 Å². The smallest absolute Gasteiger partial charge is 0.299 e. The first-order valence-electron chi connectivity index (χ1n) is 7.58. The molecule has 0 N–H and O–H groups in total. The molecular weight excluding hydrogens is 379 g/mol. The van der Waals surface area contributed by atoms with Gasteiger partial charge in [0.25, 0.3) is 5.79 Å². The topological polar surface area (TPSA) is 71.3 Å². The lowest BCUT2D eigenvalue weighted by Gasteiger charge is -2.28.